The van der Waals surface area contributed by atoms with Gasteiger partial charge in [0.25, 0.3) is 0 Å². The number of cyclic esters (lactones) is 1. The molecule has 1 heterocycles. The molecule has 7 heteroatoms. The second-order valence-corrected chi connectivity index (χ2v) is 12.3. The van der Waals surface area contributed by atoms with E-state index in [1.165, 1.54) is 0 Å². The number of ether oxygens (including phenoxy) is 1. The fraction of sp³-hybridized carbons (Fsp3) is 0.655. The van der Waals surface area contributed by atoms with Crippen molar-refractivity contribution in [3.8, 4) is 0 Å². The Bertz CT molecular complexity index is 1090. The number of rotatable bonds is 4. The van der Waals surface area contributed by atoms with Crippen LogP contribution < -0.4 is 5.43 Å². The van der Waals surface area contributed by atoms with Crippen LogP contribution in [0.3, 0.4) is 0 Å². The lowest BCUT2D eigenvalue weighted by atomic mass is 9.41. The zero-order chi connectivity index (χ0) is 25.2. The summed E-state index contributed by atoms with van der Waals surface area (Å²) in [5.41, 5.74) is 2.16. The monoisotopic (exact) mass is 494 g/mol. The van der Waals surface area contributed by atoms with Crippen LogP contribution in [-0.4, -0.2) is 51.4 Å². The quantitative estimate of drug-likeness (QED) is 0.288. The molecule has 0 bridgehead atoms. The molecule has 6 rings (SSSR count). The van der Waals surface area contributed by atoms with E-state index in [-0.39, 0.29) is 29.1 Å². The predicted molar refractivity (Wildman–Crippen MR) is 136 cm³/mol. The van der Waals surface area contributed by atoms with E-state index >= 15 is 0 Å². The van der Waals surface area contributed by atoms with E-state index in [4.69, 9.17) is 4.74 Å². The van der Waals surface area contributed by atoms with Gasteiger partial charge in [-0.15, -0.1) is 0 Å². The molecule has 1 aromatic rings. The van der Waals surface area contributed by atoms with E-state index in [1.54, 1.807) is 6.08 Å². The molecule has 0 saturated heterocycles. The van der Waals surface area contributed by atoms with Crippen molar-refractivity contribution in [3.63, 3.8) is 0 Å². The topological polar surface area (TPSA) is 111 Å². The van der Waals surface area contributed by atoms with Gasteiger partial charge in [0.05, 0.1) is 23.0 Å². The molecular weight excluding hydrogens is 456 g/mol. The van der Waals surface area contributed by atoms with Crippen LogP contribution in [0.25, 0.3) is 0 Å². The number of hydrogen-bond donors (Lipinski definition) is 4. The molecule has 4 fully saturated rings. The standard InChI is InChI=1S/C29H38N2O5/c1-26-11-8-23-24(29(26,35)14-10-22(26)19-15-25(33)36-17-19)9-13-28(34)16-21(32)7-12-27(23,28)18-30-31-20-5-3-2-4-6-20/h2-6,15,18,21-24,31-32,34-35H,7-14,16-17H2,1H3/b30-18-/t21-,22+,23-,24+,26+,27-,28-,29-/m0/s1. The van der Waals surface area contributed by atoms with Gasteiger partial charge < -0.3 is 20.1 Å². The van der Waals surface area contributed by atoms with Gasteiger partial charge in [0, 0.05) is 29.5 Å². The highest BCUT2D eigenvalue weighted by Gasteiger charge is 2.71. The van der Waals surface area contributed by atoms with Gasteiger partial charge in [-0.1, -0.05) is 25.1 Å². The molecule has 0 radical (unpaired) electrons. The fourth-order valence-electron chi connectivity index (χ4n) is 9.10. The van der Waals surface area contributed by atoms with Gasteiger partial charge in [-0.3, -0.25) is 5.43 Å². The second kappa shape index (κ2) is 8.40. The van der Waals surface area contributed by atoms with E-state index in [2.05, 4.69) is 17.5 Å². The van der Waals surface area contributed by atoms with Crippen molar-refractivity contribution >= 4 is 17.9 Å². The number of hydrogen-bond acceptors (Lipinski definition) is 7. The Labute approximate surface area is 212 Å². The average Bonchev–Trinajstić information content (AvgIpc) is 3.40. The Kier molecular flexibility index (Phi) is 5.63. The summed E-state index contributed by atoms with van der Waals surface area (Å²) in [6, 6.07) is 9.77. The van der Waals surface area contributed by atoms with Crippen LogP contribution in [0.2, 0.25) is 0 Å². The number of nitrogens with zero attached hydrogens (tertiary/aromatic N) is 1. The lowest BCUT2D eigenvalue weighted by Crippen LogP contribution is -2.68. The number of benzene rings is 1. The van der Waals surface area contributed by atoms with Crippen molar-refractivity contribution in [2.24, 2.45) is 33.7 Å². The molecule has 0 amide bonds. The van der Waals surface area contributed by atoms with Gasteiger partial charge in [-0.25, -0.2) is 4.79 Å². The molecule has 0 aromatic heterocycles. The average molecular weight is 495 g/mol. The summed E-state index contributed by atoms with van der Waals surface area (Å²) in [4.78, 5) is 11.8. The number of esters is 1. The molecule has 7 nitrogen and oxygen atoms in total. The Hall–Kier alpha value is -2.22. The third kappa shape index (κ3) is 3.35. The number of hydrazone groups is 1. The Balaban J connectivity index is 1.35. The van der Waals surface area contributed by atoms with Gasteiger partial charge in [0.15, 0.2) is 0 Å². The molecule has 4 saturated carbocycles. The summed E-state index contributed by atoms with van der Waals surface area (Å²) in [6.45, 7) is 2.54. The number of fused-ring (bicyclic) bond motifs is 5. The normalized spacial score (nSPS) is 46.0. The number of nitrogens with one attached hydrogen (secondary N) is 1. The third-order valence-corrected chi connectivity index (χ3v) is 10.9. The Morgan fingerprint density at radius 3 is 2.56 bits per heavy atom. The summed E-state index contributed by atoms with van der Waals surface area (Å²) in [5.74, 6) is -0.0496. The smallest absolute Gasteiger partial charge is 0.331 e. The van der Waals surface area contributed by atoms with Crippen LogP contribution in [0.5, 0.6) is 0 Å². The minimum absolute atomic E-state index is 0.0265. The van der Waals surface area contributed by atoms with Crippen LogP contribution in [0, 0.1) is 28.6 Å². The number of para-hydroxylation sites is 1. The Morgan fingerprint density at radius 1 is 1.03 bits per heavy atom. The van der Waals surface area contributed by atoms with E-state index in [9.17, 15) is 20.1 Å². The first-order valence-corrected chi connectivity index (χ1v) is 13.6. The van der Waals surface area contributed by atoms with Crippen LogP contribution in [0.4, 0.5) is 5.69 Å². The van der Waals surface area contributed by atoms with Gasteiger partial charge in [-0.05, 0) is 86.8 Å². The number of carbonyl (C=O) groups excluding carboxylic acids is 1. The molecular formula is C29H38N2O5. The van der Waals surface area contributed by atoms with Crippen LogP contribution >= 0.6 is 0 Å². The van der Waals surface area contributed by atoms with Gasteiger partial charge >= 0.3 is 5.97 Å². The van der Waals surface area contributed by atoms with E-state index in [0.717, 1.165) is 36.9 Å². The molecule has 4 N–H and O–H groups in total. The number of anilines is 1. The molecule has 194 valence electrons. The van der Waals surface area contributed by atoms with E-state index in [0.29, 0.717) is 38.7 Å². The van der Waals surface area contributed by atoms with Crippen molar-refractivity contribution in [2.75, 3.05) is 12.0 Å². The summed E-state index contributed by atoms with van der Waals surface area (Å²) in [7, 11) is 0. The molecule has 1 aliphatic heterocycles. The highest BCUT2D eigenvalue weighted by atomic mass is 16.5. The van der Waals surface area contributed by atoms with Crippen molar-refractivity contribution in [1.29, 1.82) is 0 Å². The van der Waals surface area contributed by atoms with Gasteiger partial charge in [0.2, 0.25) is 0 Å². The maximum absolute atomic E-state index is 12.5. The SMILES string of the molecule is C[C@]12CC[C@H]3[C@@H](CC[C@]4(O)C[C@@H](O)CC[C@]34/C=N\Nc3ccccc3)[C@@]1(O)CC[C@@H]2C1=CC(=O)OC1. The number of carbonyl (C=O) groups is 1. The first-order valence-electron chi connectivity index (χ1n) is 13.6. The summed E-state index contributed by atoms with van der Waals surface area (Å²) in [5, 5.41) is 39.7. The molecule has 5 aliphatic rings. The van der Waals surface area contributed by atoms with Crippen LogP contribution in [-0.2, 0) is 9.53 Å². The summed E-state index contributed by atoms with van der Waals surface area (Å²) in [6.07, 6.45) is 9.15. The van der Waals surface area contributed by atoms with Gasteiger partial charge in [0.1, 0.15) is 6.61 Å². The zero-order valence-corrected chi connectivity index (χ0v) is 21.0. The lowest BCUT2D eigenvalue weighted by Gasteiger charge is -2.65. The number of aliphatic hydroxyl groups excluding tert-OH is 1. The van der Waals surface area contributed by atoms with Crippen molar-refractivity contribution in [3.05, 3.63) is 42.0 Å². The van der Waals surface area contributed by atoms with E-state index in [1.807, 2.05) is 36.5 Å². The lowest BCUT2D eigenvalue weighted by molar-refractivity contribution is -0.237. The molecule has 1 aromatic carbocycles. The highest BCUT2D eigenvalue weighted by molar-refractivity contribution is 5.85. The second-order valence-electron chi connectivity index (χ2n) is 12.3. The molecule has 4 aliphatic carbocycles. The highest BCUT2D eigenvalue weighted by Crippen LogP contribution is 2.70. The molecule has 0 spiro atoms. The van der Waals surface area contributed by atoms with Gasteiger partial charge in [-0.2, -0.15) is 5.10 Å². The minimum atomic E-state index is -1.05. The van der Waals surface area contributed by atoms with E-state index < -0.39 is 22.7 Å². The van der Waals surface area contributed by atoms with Crippen molar-refractivity contribution in [1.82, 2.24) is 0 Å². The first-order chi connectivity index (χ1) is 17.2. The predicted octanol–water partition coefficient (Wildman–Crippen LogP) is 3.80. The first kappa shape index (κ1) is 24.1. The van der Waals surface area contributed by atoms with Crippen LogP contribution in [0.15, 0.2) is 47.1 Å². The molecule has 0 unspecified atom stereocenters. The van der Waals surface area contributed by atoms with Crippen LogP contribution in [0.1, 0.15) is 64.7 Å². The molecule has 8 atom stereocenters. The van der Waals surface area contributed by atoms with Crippen molar-refractivity contribution < 1.29 is 24.9 Å². The maximum Gasteiger partial charge on any atom is 0.331 e. The minimum Gasteiger partial charge on any atom is -0.458 e. The summed E-state index contributed by atoms with van der Waals surface area (Å²) >= 11 is 0. The van der Waals surface area contributed by atoms with Crippen molar-refractivity contribution in [2.45, 2.75) is 82.0 Å². The Morgan fingerprint density at radius 2 is 1.81 bits per heavy atom. The maximum atomic E-state index is 12.5. The molecule has 36 heavy (non-hydrogen) atoms. The summed E-state index contributed by atoms with van der Waals surface area (Å²) < 4.78 is 5.24. The fourth-order valence-corrected chi connectivity index (χ4v) is 9.10. The zero-order valence-electron chi connectivity index (χ0n) is 21.0. The number of aliphatic hydroxyl groups is 3. The largest absolute Gasteiger partial charge is 0.458 e. The third-order valence-electron chi connectivity index (χ3n) is 10.9.